The average Bonchev–Trinajstić information content (AvgIpc) is 3.27. The lowest BCUT2D eigenvalue weighted by Gasteiger charge is -2.12. The van der Waals surface area contributed by atoms with Crippen LogP contribution in [0.15, 0.2) is 36.7 Å². The van der Waals surface area contributed by atoms with Crippen LogP contribution in [-0.4, -0.2) is 38.7 Å². The van der Waals surface area contributed by atoms with Gasteiger partial charge in [0.15, 0.2) is 11.5 Å². The summed E-state index contributed by atoms with van der Waals surface area (Å²) in [5.41, 5.74) is 3.71. The molecule has 8 heteroatoms. The topological polar surface area (TPSA) is 83.2 Å². The van der Waals surface area contributed by atoms with Gasteiger partial charge in [0.2, 0.25) is 5.91 Å². The fraction of sp³-hybridized carbons (Fsp3) is 0.409. The second-order valence-electron chi connectivity index (χ2n) is 7.02. The molecule has 1 amide bonds. The molecule has 0 spiro atoms. The number of amides is 1. The maximum absolute atomic E-state index is 12.3. The Morgan fingerprint density at radius 1 is 1.10 bits per heavy atom. The van der Waals surface area contributed by atoms with E-state index in [1.165, 1.54) is 0 Å². The highest BCUT2D eigenvalue weighted by atomic mass is 16.5. The summed E-state index contributed by atoms with van der Waals surface area (Å²) < 4.78 is 14.9. The van der Waals surface area contributed by atoms with Gasteiger partial charge in [-0.15, -0.1) is 0 Å². The zero-order valence-corrected chi connectivity index (χ0v) is 18.0. The third-order valence-corrected chi connectivity index (χ3v) is 4.52. The minimum atomic E-state index is -0.0678. The number of aryl methyl sites for hydroxylation is 3. The molecular weight excluding hydrogens is 382 g/mol. The number of carbonyl (C=O) groups excluding carboxylic acids is 1. The Labute approximate surface area is 176 Å². The first-order valence-electron chi connectivity index (χ1n) is 10.2. The van der Waals surface area contributed by atoms with E-state index in [0.29, 0.717) is 38.4 Å². The van der Waals surface area contributed by atoms with Crippen molar-refractivity contribution in [1.82, 2.24) is 19.6 Å². The second kappa shape index (κ2) is 9.96. The average molecular weight is 412 g/mol. The van der Waals surface area contributed by atoms with Gasteiger partial charge in [-0.05, 0) is 51.5 Å². The zero-order valence-electron chi connectivity index (χ0n) is 18.0. The fourth-order valence-electron chi connectivity index (χ4n) is 3.23. The van der Waals surface area contributed by atoms with Crippen molar-refractivity contribution in [3.05, 3.63) is 53.6 Å². The molecule has 30 heavy (non-hydrogen) atoms. The van der Waals surface area contributed by atoms with E-state index in [9.17, 15) is 4.79 Å². The van der Waals surface area contributed by atoms with Crippen LogP contribution in [0, 0.1) is 13.8 Å². The van der Waals surface area contributed by atoms with Crippen molar-refractivity contribution in [2.45, 2.75) is 47.2 Å². The van der Waals surface area contributed by atoms with Gasteiger partial charge in [-0.2, -0.15) is 10.2 Å². The molecule has 0 unspecified atom stereocenters. The Morgan fingerprint density at radius 2 is 1.87 bits per heavy atom. The molecule has 0 aliphatic carbocycles. The number of hydrogen-bond donors (Lipinski definition) is 1. The highest BCUT2D eigenvalue weighted by Gasteiger charge is 2.09. The third-order valence-electron chi connectivity index (χ3n) is 4.52. The molecule has 3 rings (SSSR count). The van der Waals surface area contributed by atoms with Gasteiger partial charge in [-0.3, -0.25) is 14.2 Å². The predicted molar refractivity (Wildman–Crippen MR) is 115 cm³/mol. The molecule has 160 valence electrons. The predicted octanol–water partition coefficient (Wildman–Crippen LogP) is 3.57. The van der Waals surface area contributed by atoms with Gasteiger partial charge >= 0.3 is 0 Å². The van der Waals surface area contributed by atoms with E-state index in [4.69, 9.17) is 9.47 Å². The number of benzene rings is 1. The Bertz CT molecular complexity index is 993. The van der Waals surface area contributed by atoms with Gasteiger partial charge in [0, 0.05) is 24.9 Å². The monoisotopic (exact) mass is 411 g/mol. The minimum Gasteiger partial charge on any atom is -0.490 e. The molecular formula is C22H29N5O3. The van der Waals surface area contributed by atoms with Crippen molar-refractivity contribution >= 4 is 11.6 Å². The molecule has 0 radical (unpaired) electrons. The quantitative estimate of drug-likeness (QED) is 0.551. The molecule has 0 bridgehead atoms. The Kier molecular flexibility index (Phi) is 7.11. The SMILES string of the molecule is CCOc1ccc(Cn2cc(NC(=O)CCn3nc(C)cc3C)cn2)cc1OCC. The van der Waals surface area contributed by atoms with Gasteiger partial charge in [-0.25, -0.2) is 0 Å². The molecule has 0 aliphatic rings. The Balaban J connectivity index is 1.57. The van der Waals surface area contributed by atoms with Crippen LogP contribution in [0.25, 0.3) is 0 Å². The van der Waals surface area contributed by atoms with Crippen molar-refractivity contribution in [2.75, 3.05) is 18.5 Å². The molecule has 0 saturated heterocycles. The van der Waals surface area contributed by atoms with Gasteiger partial charge in [-0.1, -0.05) is 6.07 Å². The number of rotatable bonds is 10. The van der Waals surface area contributed by atoms with Crippen molar-refractivity contribution in [2.24, 2.45) is 0 Å². The Morgan fingerprint density at radius 3 is 2.57 bits per heavy atom. The first kappa shape index (κ1) is 21.4. The summed E-state index contributed by atoms with van der Waals surface area (Å²) in [5.74, 6) is 1.39. The van der Waals surface area contributed by atoms with E-state index >= 15 is 0 Å². The summed E-state index contributed by atoms with van der Waals surface area (Å²) in [6.45, 7) is 10.1. The number of hydrogen-bond acceptors (Lipinski definition) is 5. The standard InChI is InChI=1S/C22H29N5O3/c1-5-29-20-8-7-18(12-21(20)30-6-2)14-26-15-19(13-23-26)24-22(28)9-10-27-17(4)11-16(3)25-27/h7-8,11-13,15H,5-6,9-10,14H2,1-4H3,(H,24,28). The van der Waals surface area contributed by atoms with Gasteiger partial charge < -0.3 is 14.8 Å². The van der Waals surface area contributed by atoms with Crippen LogP contribution in [0.3, 0.4) is 0 Å². The van der Waals surface area contributed by atoms with E-state index in [1.54, 1.807) is 10.9 Å². The maximum Gasteiger partial charge on any atom is 0.226 e. The molecule has 0 fully saturated rings. The van der Waals surface area contributed by atoms with Crippen LogP contribution in [-0.2, 0) is 17.9 Å². The summed E-state index contributed by atoms with van der Waals surface area (Å²) in [4.78, 5) is 12.3. The smallest absolute Gasteiger partial charge is 0.226 e. The molecule has 2 aromatic heterocycles. The van der Waals surface area contributed by atoms with E-state index in [-0.39, 0.29) is 5.91 Å². The number of nitrogens with one attached hydrogen (secondary N) is 1. The lowest BCUT2D eigenvalue weighted by Crippen LogP contribution is -2.15. The summed E-state index contributed by atoms with van der Waals surface area (Å²) in [6.07, 6.45) is 3.82. The summed E-state index contributed by atoms with van der Waals surface area (Å²) in [6, 6.07) is 7.86. The highest BCUT2D eigenvalue weighted by Crippen LogP contribution is 2.28. The van der Waals surface area contributed by atoms with Crippen molar-refractivity contribution in [3.8, 4) is 11.5 Å². The number of anilines is 1. The molecule has 0 aliphatic heterocycles. The first-order chi connectivity index (χ1) is 14.5. The molecule has 1 N–H and O–H groups in total. The van der Waals surface area contributed by atoms with Crippen molar-refractivity contribution < 1.29 is 14.3 Å². The van der Waals surface area contributed by atoms with Crippen molar-refractivity contribution in [3.63, 3.8) is 0 Å². The number of carbonyl (C=O) groups is 1. The van der Waals surface area contributed by atoms with Gasteiger partial charge in [0.1, 0.15) is 0 Å². The number of nitrogens with zero attached hydrogens (tertiary/aromatic N) is 4. The summed E-state index contributed by atoms with van der Waals surface area (Å²) >= 11 is 0. The molecule has 8 nitrogen and oxygen atoms in total. The molecule has 1 aromatic carbocycles. The van der Waals surface area contributed by atoms with Crippen LogP contribution in [0.4, 0.5) is 5.69 Å². The van der Waals surface area contributed by atoms with E-state index < -0.39 is 0 Å². The zero-order chi connectivity index (χ0) is 21.5. The van der Waals surface area contributed by atoms with Gasteiger partial charge in [0.05, 0.1) is 37.3 Å². The maximum atomic E-state index is 12.3. The van der Waals surface area contributed by atoms with Crippen LogP contribution in [0.2, 0.25) is 0 Å². The largest absolute Gasteiger partial charge is 0.490 e. The van der Waals surface area contributed by atoms with E-state index in [1.807, 2.05) is 62.8 Å². The van der Waals surface area contributed by atoms with Crippen LogP contribution >= 0.6 is 0 Å². The van der Waals surface area contributed by atoms with E-state index in [2.05, 4.69) is 15.5 Å². The lowest BCUT2D eigenvalue weighted by atomic mass is 10.2. The molecule has 0 atom stereocenters. The summed E-state index contributed by atoms with van der Waals surface area (Å²) in [5, 5.41) is 11.6. The highest BCUT2D eigenvalue weighted by molar-refractivity contribution is 5.90. The fourth-order valence-corrected chi connectivity index (χ4v) is 3.23. The second-order valence-corrected chi connectivity index (χ2v) is 7.02. The van der Waals surface area contributed by atoms with Crippen LogP contribution < -0.4 is 14.8 Å². The molecule has 2 heterocycles. The molecule has 0 saturated carbocycles. The lowest BCUT2D eigenvalue weighted by molar-refractivity contribution is -0.116. The van der Waals surface area contributed by atoms with Crippen molar-refractivity contribution in [1.29, 1.82) is 0 Å². The Hall–Kier alpha value is -3.29. The number of aromatic nitrogens is 4. The molecule has 3 aromatic rings. The number of ether oxygens (including phenoxy) is 2. The van der Waals surface area contributed by atoms with Crippen LogP contribution in [0.5, 0.6) is 11.5 Å². The first-order valence-corrected chi connectivity index (χ1v) is 10.2. The third kappa shape index (κ3) is 5.62. The minimum absolute atomic E-state index is 0.0678. The van der Waals surface area contributed by atoms with E-state index in [0.717, 1.165) is 28.5 Å². The summed E-state index contributed by atoms with van der Waals surface area (Å²) in [7, 11) is 0. The normalized spacial score (nSPS) is 10.8. The van der Waals surface area contributed by atoms with Gasteiger partial charge in [0.25, 0.3) is 0 Å². The van der Waals surface area contributed by atoms with Crippen LogP contribution in [0.1, 0.15) is 37.2 Å².